The lowest BCUT2D eigenvalue weighted by molar-refractivity contribution is -0.183. The van der Waals surface area contributed by atoms with Gasteiger partial charge >= 0.3 is 0 Å². The molecule has 2 aromatic carbocycles. The topological polar surface area (TPSA) is 164 Å². The molecule has 1 saturated heterocycles. The van der Waals surface area contributed by atoms with Crippen molar-refractivity contribution in [1.29, 1.82) is 0 Å². The highest BCUT2D eigenvalue weighted by Crippen LogP contribution is 2.61. The second kappa shape index (κ2) is 15.3. The van der Waals surface area contributed by atoms with Gasteiger partial charge in [-0.3, -0.25) is 14.4 Å². The lowest BCUT2D eigenvalue weighted by Crippen LogP contribution is -2.62. The van der Waals surface area contributed by atoms with Gasteiger partial charge in [-0.1, -0.05) is 39.0 Å². The van der Waals surface area contributed by atoms with Crippen LogP contribution in [0.15, 0.2) is 36.4 Å². The average Bonchev–Trinajstić information content (AvgIpc) is 3.46. The largest absolute Gasteiger partial charge is 0.496 e. The van der Waals surface area contributed by atoms with Gasteiger partial charge in [0.25, 0.3) is 5.91 Å². The van der Waals surface area contributed by atoms with Crippen molar-refractivity contribution in [2.24, 2.45) is 29.1 Å². The zero-order valence-corrected chi connectivity index (χ0v) is 29.6. The molecule has 8 atom stereocenters. The second-order valence-corrected chi connectivity index (χ2v) is 14.5. The summed E-state index contributed by atoms with van der Waals surface area (Å²) in [6.07, 6.45) is 0.395. The van der Waals surface area contributed by atoms with Crippen molar-refractivity contribution in [1.82, 2.24) is 15.7 Å². The van der Waals surface area contributed by atoms with Crippen LogP contribution in [0.4, 0.5) is 5.69 Å². The highest BCUT2D eigenvalue weighted by molar-refractivity contribution is 5.97. The van der Waals surface area contributed by atoms with E-state index in [0.717, 1.165) is 6.42 Å². The van der Waals surface area contributed by atoms with E-state index < -0.39 is 24.2 Å². The number of amides is 2. The van der Waals surface area contributed by atoms with Gasteiger partial charge in [-0.15, -0.1) is 0 Å². The summed E-state index contributed by atoms with van der Waals surface area (Å²) in [5.41, 5.74) is 3.37. The van der Waals surface area contributed by atoms with E-state index in [0.29, 0.717) is 51.4 Å². The molecule has 4 aliphatic rings. The lowest BCUT2D eigenvalue weighted by atomic mass is 9.45. The van der Waals surface area contributed by atoms with Crippen LogP contribution in [-0.2, 0) is 16.2 Å². The minimum absolute atomic E-state index is 0.0184. The second-order valence-electron chi connectivity index (χ2n) is 14.5. The average molecular weight is 683 g/mol. The minimum atomic E-state index is -0.922. The lowest BCUT2D eigenvalue weighted by Gasteiger charge is -2.62. The number of hydrogen-bond acceptors (Lipinski definition) is 10. The van der Waals surface area contributed by atoms with Crippen LogP contribution in [0.5, 0.6) is 5.75 Å². The number of aliphatic hydroxyl groups excluding tert-OH is 4. The maximum atomic E-state index is 14.2. The Balaban J connectivity index is 1.48. The molecule has 6 rings (SSSR count). The molecule has 3 saturated carbocycles. The smallest absolute Gasteiger partial charge is 0.251 e. The quantitative estimate of drug-likeness (QED) is 0.174. The van der Waals surface area contributed by atoms with Crippen LogP contribution in [0.2, 0.25) is 0 Å². The van der Waals surface area contributed by atoms with Crippen molar-refractivity contribution in [3.8, 4) is 16.9 Å². The molecule has 0 spiro atoms. The molecular weight excluding hydrogens is 628 g/mol. The fourth-order valence-electron chi connectivity index (χ4n) is 8.67. The van der Waals surface area contributed by atoms with Gasteiger partial charge in [0.15, 0.2) is 0 Å². The van der Waals surface area contributed by atoms with E-state index in [1.54, 1.807) is 43.2 Å². The predicted octanol–water partition coefficient (Wildman–Crippen LogP) is 2.17. The van der Waals surface area contributed by atoms with Gasteiger partial charge in [-0.05, 0) is 66.7 Å². The highest BCUT2D eigenvalue weighted by Gasteiger charge is 2.57. The number of ether oxygens (including phenoxy) is 1. The van der Waals surface area contributed by atoms with E-state index in [1.807, 2.05) is 24.3 Å². The Morgan fingerprint density at radius 2 is 1.84 bits per heavy atom. The maximum Gasteiger partial charge on any atom is 0.251 e. The summed E-state index contributed by atoms with van der Waals surface area (Å²) in [5.74, 6) is 0.726. The number of aliphatic hydroxyl groups is 4. The number of carbonyl (C=O) groups is 2. The molecule has 1 aliphatic heterocycles. The minimum Gasteiger partial charge on any atom is -0.496 e. The van der Waals surface area contributed by atoms with Gasteiger partial charge < -0.3 is 40.7 Å². The van der Waals surface area contributed by atoms with Gasteiger partial charge in [0.05, 0.1) is 39.6 Å². The Morgan fingerprint density at radius 3 is 2.41 bits per heavy atom. The normalized spacial score (nSPS) is 28.0. The van der Waals surface area contributed by atoms with Crippen LogP contribution < -0.4 is 20.3 Å². The van der Waals surface area contributed by atoms with Crippen LogP contribution in [0.25, 0.3) is 11.1 Å². The summed E-state index contributed by atoms with van der Waals surface area (Å²) >= 11 is 0. The molecule has 3 aliphatic carbocycles. The van der Waals surface area contributed by atoms with Crippen molar-refractivity contribution < 1.29 is 39.6 Å². The van der Waals surface area contributed by atoms with E-state index in [2.05, 4.69) is 31.4 Å². The first-order valence-corrected chi connectivity index (χ1v) is 17.4. The van der Waals surface area contributed by atoms with Crippen molar-refractivity contribution >= 4 is 17.5 Å². The Bertz CT molecular complexity index is 1480. The summed E-state index contributed by atoms with van der Waals surface area (Å²) in [5, 5.41) is 48.1. The van der Waals surface area contributed by atoms with Gasteiger partial charge in [-0.2, -0.15) is 5.06 Å². The first kappa shape index (κ1) is 37.0. The number of fused-ring (bicyclic) bond motifs is 2. The zero-order chi connectivity index (χ0) is 35.6. The molecule has 2 amide bonds. The zero-order valence-electron chi connectivity index (χ0n) is 29.6. The molecular formula is C37H54N4O8. The number of anilines is 1. The van der Waals surface area contributed by atoms with E-state index in [4.69, 9.17) is 9.57 Å². The molecule has 2 aromatic rings. The number of carbonyl (C=O) groups excluding carboxylic acids is 2. The fourth-order valence-corrected chi connectivity index (χ4v) is 8.67. The molecule has 49 heavy (non-hydrogen) atoms. The molecule has 2 bridgehead atoms. The van der Waals surface area contributed by atoms with E-state index in [-0.39, 0.29) is 62.7 Å². The summed E-state index contributed by atoms with van der Waals surface area (Å²) in [6.45, 7) is 8.49. The van der Waals surface area contributed by atoms with Gasteiger partial charge in [0, 0.05) is 54.5 Å². The molecule has 270 valence electrons. The SMILES string of the molecule is CNC(=O)c1cc(-c2cccc(CN3O[C@@H](CO)[C@@H]([C@H](C)O)[C@H]3C(=O)N[C@H]3C[C@@H]4C[C@@H]([C@@H]3C)C4(C)C)c2OC)cc(N(CCO)CCO)c1. The molecule has 12 nitrogen and oxygen atoms in total. The van der Waals surface area contributed by atoms with Gasteiger partial charge in [-0.25, -0.2) is 0 Å². The number of para-hydroxylation sites is 1. The number of hydroxylamine groups is 2. The molecule has 4 fully saturated rings. The first-order chi connectivity index (χ1) is 23.4. The van der Waals surface area contributed by atoms with E-state index in [1.165, 1.54) is 6.42 Å². The standard InChI is InChI=1S/C37H54N4O8/c1-21-29-17-26(37(29,3)4)18-30(21)39-36(47)33-32(22(2)45)31(20-44)49-41(33)19-23-8-7-9-28(34(23)48-6)24-14-25(35(46)38-5)16-27(15-24)40(10-12-42)11-13-43/h7-9,14-16,21-22,26,29-33,42-45H,10-13,17-20H2,1-6H3,(H,38,46)(H,39,47)/t21-,22-,26-,29-,30-,31-,32+,33-/m0/s1. The number of nitrogens with one attached hydrogen (secondary N) is 2. The van der Waals surface area contributed by atoms with Gasteiger partial charge in [0.1, 0.15) is 17.9 Å². The Labute approximate surface area is 289 Å². The number of benzene rings is 2. The maximum absolute atomic E-state index is 14.2. The number of methoxy groups -OCH3 is 1. The fraction of sp³-hybridized carbons (Fsp3) is 0.622. The van der Waals surface area contributed by atoms with Crippen LogP contribution in [-0.4, -0.2) is 109 Å². The highest BCUT2D eigenvalue weighted by atomic mass is 16.7. The molecule has 12 heteroatoms. The Hall–Kier alpha value is -3.26. The number of nitrogens with zero attached hydrogens (tertiary/aromatic N) is 2. The first-order valence-electron chi connectivity index (χ1n) is 17.4. The van der Waals surface area contributed by atoms with Gasteiger partial charge in [0.2, 0.25) is 5.91 Å². The van der Waals surface area contributed by atoms with Crippen molar-refractivity contribution in [3.05, 3.63) is 47.5 Å². The number of rotatable bonds is 14. The third kappa shape index (κ3) is 7.17. The molecule has 0 radical (unpaired) electrons. The Morgan fingerprint density at radius 1 is 1.12 bits per heavy atom. The molecule has 0 aromatic heterocycles. The summed E-state index contributed by atoms with van der Waals surface area (Å²) in [6, 6.07) is 10.1. The van der Waals surface area contributed by atoms with Crippen LogP contribution in [0, 0.1) is 29.1 Å². The van der Waals surface area contributed by atoms with E-state index in [9.17, 15) is 30.0 Å². The molecule has 1 heterocycles. The summed E-state index contributed by atoms with van der Waals surface area (Å²) in [4.78, 5) is 35.0. The third-order valence-corrected chi connectivity index (χ3v) is 11.5. The van der Waals surface area contributed by atoms with E-state index >= 15 is 0 Å². The molecule has 6 N–H and O–H groups in total. The summed E-state index contributed by atoms with van der Waals surface area (Å²) in [7, 11) is 3.10. The Kier molecular flexibility index (Phi) is 11.6. The molecule has 0 unspecified atom stereocenters. The van der Waals surface area contributed by atoms with Crippen molar-refractivity contribution in [2.45, 2.75) is 71.4 Å². The summed E-state index contributed by atoms with van der Waals surface area (Å²) < 4.78 is 5.98. The van der Waals surface area contributed by atoms with Crippen LogP contribution in [0.3, 0.4) is 0 Å². The van der Waals surface area contributed by atoms with Crippen LogP contribution in [0.1, 0.15) is 56.5 Å². The van der Waals surface area contributed by atoms with Crippen molar-refractivity contribution in [2.75, 3.05) is 52.0 Å². The van der Waals surface area contributed by atoms with Crippen LogP contribution >= 0.6 is 0 Å². The van der Waals surface area contributed by atoms with Crippen molar-refractivity contribution in [3.63, 3.8) is 0 Å². The third-order valence-electron chi connectivity index (χ3n) is 11.5. The predicted molar refractivity (Wildman–Crippen MR) is 186 cm³/mol. The monoisotopic (exact) mass is 682 g/mol. The number of hydrogen-bond donors (Lipinski definition) is 6.